The maximum atomic E-state index is 5.89. The highest BCUT2D eigenvalue weighted by atomic mass is 35.5. The molecule has 0 saturated heterocycles. The van der Waals surface area contributed by atoms with Crippen molar-refractivity contribution in [1.82, 2.24) is 14.6 Å². The van der Waals surface area contributed by atoms with Crippen LogP contribution in [0.3, 0.4) is 0 Å². The minimum Gasteiger partial charge on any atom is -0.398 e. The van der Waals surface area contributed by atoms with E-state index in [0.717, 1.165) is 11.2 Å². The Morgan fingerprint density at radius 1 is 1.12 bits per heavy atom. The highest BCUT2D eigenvalue weighted by molar-refractivity contribution is 6.30. The summed E-state index contributed by atoms with van der Waals surface area (Å²) in [5.74, 6) is 0.602. The zero-order chi connectivity index (χ0) is 11.8. The van der Waals surface area contributed by atoms with Gasteiger partial charge in [0.2, 0.25) is 0 Å². The van der Waals surface area contributed by atoms with Gasteiger partial charge in [0.15, 0.2) is 11.5 Å². The van der Waals surface area contributed by atoms with Crippen molar-refractivity contribution in [2.45, 2.75) is 0 Å². The first-order valence-electron chi connectivity index (χ1n) is 5.11. The lowest BCUT2D eigenvalue weighted by Crippen LogP contribution is -1.91. The van der Waals surface area contributed by atoms with E-state index in [1.165, 1.54) is 0 Å². The van der Waals surface area contributed by atoms with Gasteiger partial charge >= 0.3 is 0 Å². The van der Waals surface area contributed by atoms with Crippen molar-refractivity contribution in [1.29, 1.82) is 0 Å². The molecule has 0 unspecified atom stereocenters. The lowest BCUT2D eigenvalue weighted by molar-refractivity contribution is 0.966. The summed E-state index contributed by atoms with van der Waals surface area (Å²) in [7, 11) is 0. The number of rotatable bonds is 1. The number of nitrogens with zero attached hydrogens (tertiary/aromatic N) is 3. The fourth-order valence-electron chi connectivity index (χ4n) is 1.67. The van der Waals surface area contributed by atoms with Crippen LogP contribution >= 0.6 is 11.6 Å². The molecule has 1 aromatic carbocycles. The number of nitrogens with two attached hydrogens (primary N) is 1. The van der Waals surface area contributed by atoms with E-state index in [9.17, 15) is 0 Å². The molecule has 0 fully saturated rings. The summed E-state index contributed by atoms with van der Waals surface area (Å²) in [5, 5.41) is 4.97. The van der Waals surface area contributed by atoms with E-state index in [4.69, 9.17) is 17.3 Å². The Labute approximate surface area is 103 Å². The van der Waals surface area contributed by atoms with Crippen LogP contribution in [0.2, 0.25) is 5.02 Å². The van der Waals surface area contributed by atoms with Gasteiger partial charge in [0.05, 0.1) is 5.02 Å². The van der Waals surface area contributed by atoms with Gasteiger partial charge in [0.25, 0.3) is 0 Å². The average molecular weight is 245 g/mol. The number of pyridine rings is 1. The number of aromatic nitrogens is 3. The topological polar surface area (TPSA) is 56.2 Å². The fourth-order valence-corrected chi connectivity index (χ4v) is 1.83. The van der Waals surface area contributed by atoms with Crippen LogP contribution in [0.1, 0.15) is 0 Å². The second-order valence-corrected chi connectivity index (χ2v) is 4.11. The molecule has 2 heterocycles. The molecule has 4 nitrogen and oxygen atoms in total. The second-order valence-electron chi connectivity index (χ2n) is 3.67. The fraction of sp³-hybridized carbons (Fsp3) is 0. The molecule has 0 radical (unpaired) electrons. The summed E-state index contributed by atoms with van der Waals surface area (Å²) in [6.45, 7) is 0. The van der Waals surface area contributed by atoms with E-state index in [-0.39, 0.29) is 0 Å². The number of anilines is 1. The SMILES string of the molecule is Nc1ccccc1-c1nc2ccc(Cl)cn2n1. The number of para-hydroxylation sites is 1. The Balaban J connectivity index is 2.22. The molecule has 0 spiro atoms. The lowest BCUT2D eigenvalue weighted by atomic mass is 10.2. The Hall–Kier alpha value is -2.07. The van der Waals surface area contributed by atoms with E-state index in [0.29, 0.717) is 16.5 Å². The smallest absolute Gasteiger partial charge is 0.184 e. The maximum absolute atomic E-state index is 5.89. The standard InChI is InChI=1S/C12H9ClN4/c13-8-5-6-11-15-12(16-17(11)7-8)9-3-1-2-4-10(9)14/h1-7H,14H2. The molecule has 3 aromatic rings. The average Bonchev–Trinajstić information content (AvgIpc) is 2.72. The quantitative estimate of drug-likeness (QED) is 0.670. The van der Waals surface area contributed by atoms with Crippen molar-refractivity contribution in [3.8, 4) is 11.4 Å². The molecule has 84 valence electrons. The predicted molar refractivity (Wildman–Crippen MR) is 67.8 cm³/mol. The van der Waals surface area contributed by atoms with Gasteiger partial charge in [0.1, 0.15) is 0 Å². The van der Waals surface area contributed by atoms with Gasteiger partial charge in [-0.15, -0.1) is 5.10 Å². The van der Waals surface area contributed by atoms with Gasteiger partial charge < -0.3 is 5.73 Å². The van der Waals surface area contributed by atoms with Crippen molar-refractivity contribution >= 4 is 22.9 Å². The Bertz CT molecular complexity index is 690. The highest BCUT2D eigenvalue weighted by Crippen LogP contribution is 2.23. The largest absolute Gasteiger partial charge is 0.398 e. The molecule has 0 atom stereocenters. The van der Waals surface area contributed by atoms with E-state index in [2.05, 4.69) is 10.1 Å². The number of benzene rings is 1. The highest BCUT2D eigenvalue weighted by Gasteiger charge is 2.08. The summed E-state index contributed by atoms with van der Waals surface area (Å²) in [6.07, 6.45) is 1.71. The summed E-state index contributed by atoms with van der Waals surface area (Å²) < 4.78 is 1.64. The number of halogens is 1. The third-order valence-electron chi connectivity index (χ3n) is 2.50. The van der Waals surface area contributed by atoms with Crippen molar-refractivity contribution in [3.63, 3.8) is 0 Å². The molecule has 17 heavy (non-hydrogen) atoms. The molecular formula is C12H9ClN4. The van der Waals surface area contributed by atoms with E-state index in [1.54, 1.807) is 16.8 Å². The van der Waals surface area contributed by atoms with Crippen molar-refractivity contribution in [2.24, 2.45) is 0 Å². The van der Waals surface area contributed by atoms with Crippen molar-refractivity contribution in [3.05, 3.63) is 47.6 Å². The zero-order valence-corrected chi connectivity index (χ0v) is 9.59. The van der Waals surface area contributed by atoms with E-state index in [1.807, 2.05) is 30.3 Å². The zero-order valence-electron chi connectivity index (χ0n) is 8.84. The van der Waals surface area contributed by atoms with Crippen LogP contribution in [0, 0.1) is 0 Å². The first-order valence-corrected chi connectivity index (χ1v) is 5.48. The molecule has 2 aromatic heterocycles. The maximum Gasteiger partial charge on any atom is 0.184 e. The van der Waals surface area contributed by atoms with Crippen LogP contribution in [0.4, 0.5) is 5.69 Å². The molecule has 0 aliphatic carbocycles. The molecular weight excluding hydrogens is 236 g/mol. The molecule has 0 bridgehead atoms. The third-order valence-corrected chi connectivity index (χ3v) is 2.72. The molecule has 0 saturated carbocycles. The molecule has 0 aliphatic rings. The number of hydrogen-bond donors (Lipinski definition) is 1. The van der Waals surface area contributed by atoms with Crippen LogP contribution in [0.5, 0.6) is 0 Å². The van der Waals surface area contributed by atoms with E-state index < -0.39 is 0 Å². The number of hydrogen-bond acceptors (Lipinski definition) is 3. The Morgan fingerprint density at radius 2 is 1.94 bits per heavy atom. The van der Waals surface area contributed by atoms with Gasteiger partial charge in [-0.1, -0.05) is 23.7 Å². The molecule has 5 heteroatoms. The predicted octanol–water partition coefficient (Wildman–Crippen LogP) is 2.63. The Kier molecular flexibility index (Phi) is 2.23. The summed E-state index contributed by atoms with van der Waals surface area (Å²) in [6, 6.07) is 11.1. The van der Waals surface area contributed by atoms with Crippen molar-refractivity contribution < 1.29 is 0 Å². The minimum absolute atomic E-state index is 0.602. The van der Waals surface area contributed by atoms with Crippen LogP contribution in [-0.2, 0) is 0 Å². The number of nitrogen functional groups attached to an aromatic ring is 1. The van der Waals surface area contributed by atoms with E-state index >= 15 is 0 Å². The van der Waals surface area contributed by atoms with Crippen LogP contribution in [-0.4, -0.2) is 14.6 Å². The first kappa shape index (κ1) is 10.1. The van der Waals surface area contributed by atoms with Crippen LogP contribution in [0.25, 0.3) is 17.0 Å². The van der Waals surface area contributed by atoms with Crippen molar-refractivity contribution in [2.75, 3.05) is 5.73 Å². The van der Waals surface area contributed by atoms with Crippen LogP contribution in [0.15, 0.2) is 42.6 Å². The Morgan fingerprint density at radius 3 is 2.76 bits per heavy atom. The van der Waals surface area contributed by atoms with Gasteiger partial charge in [0, 0.05) is 17.4 Å². The van der Waals surface area contributed by atoms with Gasteiger partial charge in [-0.25, -0.2) is 9.50 Å². The monoisotopic (exact) mass is 244 g/mol. The van der Waals surface area contributed by atoms with Gasteiger partial charge in [-0.3, -0.25) is 0 Å². The summed E-state index contributed by atoms with van der Waals surface area (Å²) >= 11 is 5.89. The number of fused-ring (bicyclic) bond motifs is 1. The normalized spacial score (nSPS) is 10.9. The summed E-state index contributed by atoms with van der Waals surface area (Å²) in [4.78, 5) is 4.40. The lowest BCUT2D eigenvalue weighted by Gasteiger charge is -1.98. The third kappa shape index (κ3) is 1.72. The van der Waals surface area contributed by atoms with Gasteiger partial charge in [-0.05, 0) is 24.3 Å². The summed E-state index contributed by atoms with van der Waals surface area (Å²) in [5.41, 5.74) is 8.12. The molecule has 2 N–H and O–H groups in total. The second kappa shape index (κ2) is 3.75. The molecule has 0 amide bonds. The van der Waals surface area contributed by atoms with Gasteiger partial charge in [-0.2, -0.15) is 0 Å². The molecule has 0 aliphatic heterocycles. The minimum atomic E-state index is 0.602. The first-order chi connectivity index (χ1) is 8.24. The van der Waals surface area contributed by atoms with Crippen LogP contribution < -0.4 is 5.73 Å². The molecule has 3 rings (SSSR count).